The summed E-state index contributed by atoms with van der Waals surface area (Å²) < 4.78 is 16.1. The number of halogens is 1. The molecule has 0 saturated carbocycles. The summed E-state index contributed by atoms with van der Waals surface area (Å²) in [6, 6.07) is 5.02. The molecular weight excluding hydrogens is 387 g/mol. The summed E-state index contributed by atoms with van der Waals surface area (Å²) in [5, 5.41) is 7.00. The SMILES string of the molecule is CCc1cn2nc(CN3CC=C(c4ccc(C(=O)NC)nc4F)CC3)cc2[nH]c1=O. The lowest BCUT2D eigenvalue weighted by Gasteiger charge is -2.25. The molecule has 0 atom stereocenters. The Morgan fingerprint density at radius 3 is 2.87 bits per heavy atom. The Balaban J connectivity index is 1.47. The van der Waals surface area contributed by atoms with Gasteiger partial charge in [0.25, 0.3) is 11.5 Å². The van der Waals surface area contributed by atoms with E-state index in [1.54, 1.807) is 16.8 Å². The number of carbonyl (C=O) groups is 1. The first-order chi connectivity index (χ1) is 14.5. The molecule has 1 aliphatic heterocycles. The predicted molar refractivity (Wildman–Crippen MR) is 111 cm³/mol. The van der Waals surface area contributed by atoms with Crippen molar-refractivity contribution < 1.29 is 9.18 Å². The molecule has 9 heteroatoms. The monoisotopic (exact) mass is 410 g/mol. The normalized spacial score (nSPS) is 14.7. The smallest absolute Gasteiger partial charge is 0.269 e. The Kier molecular flexibility index (Phi) is 5.45. The number of pyridine rings is 1. The quantitative estimate of drug-likeness (QED) is 0.625. The summed E-state index contributed by atoms with van der Waals surface area (Å²) in [6.45, 7) is 3.96. The van der Waals surface area contributed by atoms with E-state index in [2.05, 4.69) is 25.3 Å². The van der Waals surface area contributed by atoms with E-state index in [1.165, 1.54) is 13.1 Å². The molecule has 0 aromatic carbocycles. The van der Waals surface area contributed by atoms with E-state index < -0.39 is 11.9 Å². The van der Waals surface area contributed by atoms with E-state index in [4.69, 9.17) is 0 Å². The van der Waals surface area contributed by atoms with Crippen molar-refractivity contribution in [1.29, 1.82) is 0 Å². The van der Waals surface area contributed by atoms with Crippen LogP contribution in [0.2, 0.25) is 0 Å². The zero-order valence-electron chi connectivity index (χ0n) is 16.9. The highest BCUT2D eigenvalue weighted by Gasteiger charge is 2.19. The highest BCUT2D eigenvalue weighted by atomic mass is 19.1. The van der Waals surface area contributed by atoms with Gasteiger partial charge < -0.3 is 10.3 Å². The Labute approximate surface area is 172 Å². The first-order valence-corrected chi connectivity index (χ1v) is 9.89. The van der Waals surface area contributed by atoms with Gasteiger partial charge in [-0.1, -0.05) is 13.0 Å². The standard InChI is InChI=1S/C21H23FN6O2/c1-3-13-11-28-18(25-20(13)29)10-15(26-28)12-27-8-6-14(7-9-27)16-4-5-17(21(30)23-2)24-19(16)22/h4-6,10-11H,3,7-9,12H2,1-2H3,(H,23,30)(H,25,29). The van der Waals surface area contributed by atoms with Crippen molar-refractivity contribution in [3.63, 3.8) is 0 Å². The average molecular weight is 410 g/mol. The summed E-state index contributed by atoms with van der Waals surface area (Å²) in [7, 11) is 1.48. The highest BCUT2D eigenvalue weighted by Crippen LogP contribution is 2.25. The third-order valence-corrected chi connectivity index (χ3v) is 5.31. The molecule has 4 heterocycles. The molecule has 0 unspecified atom stereocenters. The van der Waals surface area contributed by atoms with Gasteiger partial charge in [-0.3, -0.25) is 14.5 Å². The van der Waals surface area contributed by atoms with Gasteiger partial charge >= 0.3 is 0 Å². The molecule has 0 bridgehead atoms. The van der Waals surface area contributed by atoms with Gasteiger partial charge in [0.15, 0.2) is 0 Å². The van der Waals surface area contributed by atoms with Crippen molar-refractivity contribution in [2.24, 2.45) is 0 Å². The maximum absolute atomic E-state index is 14.4. The minimum atomic E-state index is -0.633. The first-order valence-electron chi connectivity index (χ1n) is 9.89. The van der Waals surface area contributed by atoms with Crippen LogP contribution in [-0.2, 0) is 13.0 Å². The average Bonchev–Trinajstić information content (AvgIpc) is 3.14. The Morgan fingerprint density at radius 1 is 1.37 bits per heavy atom. The Hall–Kier alpha value is -3.33. The number of aromatic amines is 1. The number of nitrogens with zero attached hydrogens (tertiary/aromatic N) is 4. The van der Waals surface area contributed by atoms with Gasteiger partial charge in [0.1, 0.15) is 11.3 Å². The molecule has 0 saturated heterocycles. The second kappa shape index (κ2) is 8.19. The molecule has 0 spiro atoms. The Bertz CT molecular complexity index is 1200. The maximum Gasteiger partial charge on any atom is 0.269 e. The summed E-state index contributed by atoms with van der Waals surface area (Å²) in [6.07, 6.45) is 5.07. The van der Waals surface area contributed by atoms with Crippen molar-refractivity contribution >= 4 is 17.1 Å². The zero-order valence-corrected chi connectivity index (χ0v) is 16.9. The summed E-state index contributed by atoms with van der Waals surface area (Å²) in [5.41, 5.74) is 3.52. The number of rotatable bonds is 5. The van der Waals surface area contributed by atoms with Gasteiger partial charge in [-0.2, -0.15) is 9.49 Å². The van der Waals surface area contributed by atoms with Gasteiger partial charge in [0, 0.05) is 50.1 Å². The number of H-pyrrole nitrogens is 1. The number of hydrogen-bond donors (Lipinski definition) is 2. The fourth-order valence-electron chi connectivity index (χ4n) is 3.63. The van der Waals surface area contributed by atoms with E-state index in [0.29, 0.717) is 42.7 Å². The second-order valence-corrected chi connectivity index (χ2v) is 7.26. The van der Waals surface area contributed by atoms with Crippen molar-refractivity contribution in [3.05, 3.63) is 69.3 Å². The molecule has 0 aliphatic carbocycles. The molecule has 4 rings (SSSR count). The van der Waals surface area contributed by atoms with Crippen LogP contribution in [0.25, 0.3) is 11.2 Å². The molecule has 2 N–H and O–H groups in total. The van der Waals surface area contributed by atoms with Crippen LogP contribution in [0.3, 0.4) is 0 Å². The maximum atomic E-state index is 14.4. The fourth-order valence-corrected chi connectivity index (χ4v) is 3.63. The molecule has 1 aliphatic rings. The van der Waals surface area contributed by atoms with E-state index >= 15 is 0 Å². The number of aromatic nitrogens is 4. The van der Waals surface area contributed by atoms with Crippen molar-refractivity contribution in [2.45, 2.75) is 26.3 Å². The number of hydrogen-bond acceptors (Lipinski definition) is 5. The van der Waals surface area contributed by atoms with Crippen LogP contribution in [-0.4, -0.2) is 50.5 Å². The molecule has 1 amide bonds. The minimum Gasteiger partial charge on any atom is -0.354 e. The molecule has 3 aromatic rings. The third-order valence-electron chi connectivity index (χ3n) is 5.31. The number of nitrogens with one attached hydrogen (secondary N) is 2. The molecule has 30 heavy (non-hydrogen) atoms. The number of amides is 1. The fraction of sp³-hybridized carbons (Fsp3) is 0.333. The lowest BCUT2D eigenvalue weighted by molar-refractivity contribution is 0.0957. The second-order valence-electron chi connectivity index (χ2n) is 7.26. The van der Waals surface area contributed by atoms with E-state index in [0.717, 1.165) is 17.8 Å². The van der Waals surface area contributed by atoms with Crippen LogP contribution >= 0.6 is 0 Å². The first kappa shape index (κ1) is 20.0. The minimum absolute atomic E-state index is 0.0629. The van der Waals surface area contributed by atoms with Gasteiger partial charge in [-0.25, -0.2) is 9.50 Å². The van der Waals surface area contributed by atoms with Crippen LogP contribution in [0, 0.1) is 5.95 Å². The van der Waals surface area contributed by atoms with Gasteiger partial charge in [-0.15, -0.1) is 0 Å². The van der Waals surface area contributed by atoms with Crippen molar-refractivity contribution in [2.75, 3.05) is 20.1 Å². The van der Waals surface area contributed by atoms with Crippen molar-refractivity contribution in [1.82, 2.24) is 29.8 Å². The zero-order chi connectivity index (χ0) is 21.3. The third kappa shape index (κ3) is 3.88. The topological polar surface area (TPSA) is 95.4 Å². The van der Waals surface area contributed by atoms with E-state index in [-0.39, 0.29) is 11.3 Å². The highest BCUT2D eigenvalue weighted by molar-refractivity contribution is 5.92. The number of fused-ring (bicyclic) bond motifs is 1. The van der Waals surface area contributed by atoms with Crippen LogP contribution in [0.4, 0.5) is 4.39 Å². The number of carbonyl (C=O) groups excluding carboxylic acids is 1. The van der Waals surface area contributed by atoms with Crippen molar-refractivity contribution in [3.8, 4) is 0 Å². The Morgan fingerprint density at radius 2 is 2.20 bits per heavy atom. The molecule has 3 aromatic heterocycles. The molecule has 0 radical (unpaired) electrons. The van der Waals surface area contributed by atoms with Gasteiger partial charge in [0.2, 0.25) is 5.95 Å². The molecule has 8 nitrogen and oxygen atoms in total. The number of aryl methyl sites for hydroxylation is 1. The summed E-state index contributed by atoms with van der Waals surface area (Å²) in [5.74, 6) is -1.05. The summed E-state index contributed by atoms with van der Waals surface area (Å²) >= 11 is 0. The predicted octanol–water partition coefficient (Wildman–Crippen LogP) is 1.77. The van der Waals surface area contributed by atoms with Crippen LogP contribution in [0.1, 0.15) is 40.7 Å². The van der Waals surface area contributed by atoms with E-state index in [1.807, 2.05) is 19.1 Å². The molecule has 0 fully saturated rings. The molecule has 156 valence electrons. The van der Waals surface area contributed by atoms with Gasteiger partial charge in [-0.05, 0) is 30.5 Å². The lowest BCUT2D eigenvalue weighted by Crippen LogP contribution is -2.28. The lowest BCUT2D eigenvalue weighted by atomic mass is 10.00. The molecular formula is C21H23FN6O2. The van der Waals surface area contributed by atoms with E-state index in [9.17, 15) is 14.0 Å². The van der Waals surface area contributed by atoms with Crippen LogP contribution < -0.4 is 10.9 Å². The largest absolute Gasteiger partial charge is 0.354 e. The summed E-state index contributed by atoms with van der Waals surface area (Å²) in [4.78, 5) is 32.4. The van der Waals surface area contributed by atoms with Gasteiger partial charge in [0.05, 0.1) is 5.69 Å². The van der Waals surface area contributed by atoms with Crippen LogP contribution in [0.5, 0.6) is 0 Å². The van der Waals surface area contributed by atoms with Crippen LogP contribution in [0.15, 0.2) is 35.3 Å².